The zero-order valence-electron chi connectivity index (χ0n) is 28.1. The highest BCUT2D eigenvalue weighted by Gasteiger charge is 2.32. The maximum Gasteiger partial charge on any atom is 0.209 e. The van der Waals surface area contributed by atoms with E-state index in [-0.39, 0.29) is 12.3 Å². The quantitative estimate of drug-likeness (QED) is 0.202. The summed E-state index contributed by atoms with van der Waals surface area (Å²) in [6.45, 7) is 0. The summed E-state index contributed by atoms with van der Waals surface area (Å²) in [4.78, 5) is 7.73. The van der Waals surface area contributed by atoms with Crippen molar-refractivity contribution in [1.82, 2.24) is 14.8 Å². The van der Waals surface area contributed by atoms with Gasteiger partial charge in [-0.2, -0.15) is 0 Å². The lowest BCUT2D eigenvalue weighted by molar-refractivity contribution is 0.250. The molecule has 2 aromatic heterocycles. The summed E-state index contributed by atoms with van der Waals surface area (Å²) in [5.74, 6) is 0.907. The number of para-hydroxylation sites is 1. The van der Waals surface area contributed by atoms with Crippen LogP contribution in [0.2, 0.25) is 0 Å². The lowest BCUT2D eigenvalue weighted by atomic mass is 9.97. The molecule has 3 heterocycles. The lowest BCUT2D eigenvalue weighted by Crippen LogP contribution is -2.48. The summed E-state index contributed by atoms with van der Waals surface area (Å²) in [6, 6.07) is 61.2. The van der Waals surface area contributed by atoms with Crippen LogP contribution in [0.15, 0.2) is 175 Å². The van der Waals surface area contributed by atoms with E-state index in [4.69, 9.17) is 4.99 Å². The van der Waals surface area contributed by atoms with Crippen LogP contribution in [0.1, 0.15) is 23.5 Å². The Morgan fingerprint density at radius 1 is 0.529 bits per heavy atom. The second kappa shape index (κ2) is 12.1. The number of nitrogens with zero attached hydrogens (tertiary/aromatic N) is 3. The van der Waals surface area contributed by atoms with Gasteiger partial charge in [0.2, 0.25) is 5.96 Å². The van der Waals surface area contributed by atoms with Crippen LogP contribution in [0, 0.1) is 0 Å². The Morgan fingerprint density at radius 3 is 2.02 bits per heavy atom. The minimum Gasteiger partial charge on any atom is -0.325 e. The predicted octanol–water partition coefficient (Wildman–Crippen LogP) is 11.6. The smallest absolute Gasteiger partial charge is 0.209 e. The molecule has 1 N–H and O–H groups in total. The van der Waals surface area contributed by atoms with E-state index in [1.54, 1.807) is 0 Å². The molecule has 1 aliphatic rings. The highest BCUT2D eigenvalue weighted by molar-refractivity contribution is 7.26. The number of aliphatic imine (C=N–C) groups is 1. The van der Waals surface area contributed by atoms with Gasteiger partial charge >= 0.3 is 0 Å². The third-order valence-corrected chi connectivity index (χ3v) is 11.5. The maximum atomic E-state index is 5.45. The molecule has 9 aromatic rings. The highest BCUT2D eigenvalue weighted by Crippen LogP contribution is 2.41. The second-order valence-corrected chi connectivity index (χ2v) is 14.3. The Labute approximate surface area is 300 Å². The molecule has 2 unspecified atom stereocenters. The van der Waals surface area contributed by atoms with Gasteiger partial charge in [0.1, 0.15) is 12.3 Å². The minimum absolute atomic E-state index is 0.0726. The molecule has 7 aromatic carbocycles. The Hall–Kier alpha value is -6.01. The van der Waals surface area contributed by atoms with Crippen LogP contribution < -0.4 is 5.32 Å². The van der Waals surface area contributed by atoms with Crippen molar-refractivity contribution in [2.45, 2.75) is 12.3 Å². The first-order valence-corrected chi connectivity index (χ1v) is 18.2. The Morgan fingerprint density at radius 2 is 1.18 bits per heavy atom. The summed E-state index contributed by atoms with van der Waals surface area (Å²) in [7, 11) is 2.15. The number of rotatable bonds is 4. The number of thiophene rings is 1. The number of nitrogens with one attached hydrogen (secondary N) is 1. The fraction of sp³-hybridized carbons (Fsp3) is 0.0652. The molecule has 0 aliphatic carbocycles. The number of hydrogen-bond acceptors (Lipinski definition) is 4. The van der Waals surface area contributed by atoms with Gasteiger partial charge in [0.15, 0.2) is 0 Å². The Balaban J connectivity index is 1.15. The van der Waals surface area contributed by atoms with Gasteiger partial charge in [-0.15, -0.1) is 11.3 Å². The number of benzene rings is 7. The van der Waals surface area contributed by atoms with Crippen molar-refractivity contribution in [3.8, 4) is 22.3 Å². The topological polar surface area (TPSA) is 32.6 Å². The van der Waals surface area contributed by atoms with Crippen molar-refractivity contribution in [3.63, 3.8) is 0 Å². The molecular formula is C46H34N4S. The first-order valence-electron chi connectivity index (χ1n) is 17.4. The van der Waals surface area contributed by atoms with E-state index in [1.165, 1.54) is 58.8 Å². The van der Waals surface area contributed by atoms with E-state index in [0.29, 0.717) is 0 Å². The summed E-state index contributed by atoms with van der Waals surface area (Å²) in [5, 5.41) is 8.90. The summed E-state index contributed by atoms with van der Waals surface area (Å²) >= 11 is 1.88. The average Bonchev–Trinajstić information content (AvgIpc) is 3.74. The van der Waals surface area contributed by atoms with Crippen molar-refractivity contribution in [2.24, 2.45) is 4.99 Å². The van der Waals surface area contributed by atoms with Crippen LogP contribution in [0.5, 0.6) is 0 Å². The normalized spacial score (nSPS) is 16.3. The molecule has 0 saturated carbocycles. The lowest BCUT2D eigenvalue weighted by Gasteiger charge is -2.39. The van der Waals surface area contributed by atoms with Crippen LogP contribution in [0.4, 0.5) is 0 Å². The number of fused-ring (bicyclic) bond motifs is 6. The van der Waals surface area contributed by atoms with E-state index in [2.05, 4.69) is 192 Å². The Bertz CT molecular complexity index is 2760. The van der Waals surface area contributed by atoms with Gasteiger partial charge in [-0.3, -0.25) is 9.88 Å². The van der Waals surface area contributed by atoms with Gasteiger partial charge in [0, 0.05) is 38.0 Å². The number of hydrogen-bond donors (Lipinski definition) is 1. The number of aromatic nitrogens is 1. The molecule has 5 heteroatoms. The van der Waals surface area contributed by atoms with Crippen molar-refractivity contribution in [2.75, 3.05) is 7.05 Å². The van der Waals surface area contributed by atoms with E-state index in [9.17, 15) is 0 Å². The van der Waals surface area contributed by atoms with Gasteiger partial charge in [-0.1, -0.05) is 146 Å². The van der Waals surface area contributed by atoms with Gasteiger partial charge in [0.05, 0.1) is 11.0 Å². The molecule has 244 valence electrons. The predicted molar refractivity (Wildman–Crippen MR) is 215 cm³/mol. The zero-order chi connectivity index (χ0) is 33.9. The summed E-state index contributed by atoms with van der Waals surface area (Å²) in [6.07, 6.45) is -0.285. The van der Waals surface area contributed by atoms with Crippen molar-refractivity contribution in [3.05, 3.63) is 181 Å². The minimum atomic E-state index is -0.213. The first kappa shape index (κ1) is 29.9. The monoisotopic (exact) mass is 674 g/mol. The van der Waals surface area contributed by atoms with Crippen molar-refractivity contribution in [1.29, 1.82) is 0 Å². The Kier molecular flexibility index (Phi) is 7.08. The molecule has 0 amide bonds. The van der Waals surface area contributed by atoms with E-state index >= 15 is 0 Å². The standard InChI is InChI=1S/C46H34N4S/c1-49-45(31-16-6-3-7-17-31)47-44(30-14-4-2-5-15-30)48-46(49)50-40-24-10-8-20-36(40)37-27-26-33(29-41(37)50)32-18-12-19-34(28-32)35-22-13-23-39-38-21-9-11-25-42(38)51-43(35)39/h2-29,44-45,47H,1H3. The first-order chi connectivity index (χ1) is 25.2. The van der Waals surface area contributed by atoms with Crippen LogP contribution in [-0.2, 0) is 0 Å². The SMILES string of the molecule is CN1C(n2c3ccccc3c3ccc(-c4cccc(-c5cccc6c5sc5ccccc56)c4)cc32)=NC(c2ccccc2)NC1c1ccccc1. The molecular weight excluding hydrogens is 641 g/mol. The van der Waals surface area contributed by atoms with Crippen molar-refractivity contribution >= 4 is 59.3 Å². The molecule has 1 aliphatic heterocycles. The van der Waals surface area contributed by atoms with Gasteiger partial charge in [-0.05, 0) is 57.6 Å². The van der Waals surface area contributed by atoms with Gasteiger partial charge in [-0.25, -0.2) is 4.99 Å². The summed E-state index contributed by atoms with van der Waals surface area (Å²) < 4.78 is 5.02. The fourth-order valence-corrected chi connectivity index (χ4v) is 9.04. The molecule has 4 nitrogen and oxygen atoms in total. The average molecular weight is 675 g/mol. The third-order valence-electron chi connectivity index (χ3n) is 10.3. The van der Waals surface area contributed by atoms with E-state index < -0.39 is 0 Å². The largest absolute Gasteiger partial charge is 0.325 e. The zero-order valence-corrected chi connectivity index (χ0v) is 28.9. The van der Waals surface area contributed by atoms with E-state index in [0.717, 1.165) is 22.6 Å². The molecule has 0 saturated heterocycles. The van der Waals surface area contributed by atoms with Gasteiger partial charge < -0.3 is 4.90 Å². The molecule has 0 bridgehead atoms. The van der Waals surface area contributed by atoms with Crippen LogP contribution in [0.25, 0.3) is 64.2 Å². The fourth-order valence-electron chi connectivity index (χ4n) is 7.80. The van der Waals surface area contributed by atoms with Gasteiger partial charge in [0.25, 0.3) is 0 Å². The molecule has 2 atom stereocenters. The van der Waals surface area contributed by atoms with Crippen LogP contribution >= 0.6 is 11.3 Å². The second-order valence-electron chi connectivity index (χ2n) is 13.3. The van der Waals surface area contributed by atoms with Crippen molar-refractivity contribution < 1.29 is 0 Å². The maximum absolute atomic E-state index is 5.45. The molecule has 0 spiro atoms. The molecule has 10 rings (SSSR count). The third kappa shape index (κ3) is 4.96. The summed E-state index contributed by atoms with van der Waals surface area (Å²) in [5.41, 5.74) is 9.47. The molecule has 0 fully saturated rings. The van der Waals surface area contributed by atoms with E-state index in [1.807, 2.05) is 11.3 Å². The molecule has 51 heavy (non-hydrogen) atoms. The highest BCUT2D eigenvalue weighted by atomic mass is 32.1. The van der Waals surface area contributed by atoms with Crippen LogP contribution in [0.3, 0.4) is 0 Å². The molecule has 0 radical (unpaired) electrons. The van der Waals surface area contributed by atoms with Crippen LogP contribution in [-0.4, -0.2) is 22.5 Å².